The second-order valence-electron chi connectivity index (χ2n) is 4.98. The number of urea groups is 1. The number of hydrogen-bond donors (Lipinski definition) is 2. The van der Waals surface area contributed by atoms with Gasteiger partial charge in [-0.2, -0.15) is 0 Å². The molecule has 2 aromatic rings. The van der Waals surface area contributed by atoms with Crippen LogP contribution in [0.25, 0.3) is 0 Å². The number of rotatable bonds is 7. The van der Waals surface area contributed by atoms with Crippen LogP contribution in [-0.2, 0) is 6.54 Å². The molecular formula is C15H18F2N4O2. The summed E-state index contributed by atoms with van der Waals surface area (Å²) in [5.41, 5.74) is 0. The van der Waals surface area contributed by atoms with E-state index in [9.17, 15) is 13.6 Å². The maximum atomic E-state index is 13.3. The highest BCUT2D eigenvalue weighted by Crippen LogP contribution is 2.17. The van der Waals surface area contributed by atoms with Gasteiger partial charge in [0.2, 0.25) is 0 Å². The van der Waals surface area contributed by atoms with E-state index in [2.05, 4.69) is 15.6 Å². The summed E-state index contributed by atoms with van der Waals surface area (Å²) in [4.78, 5) is 15.6. The molecule has 0 fully saturated rings. The van der Waals surface area contributed by atoms with Crippen molar-refractivity contribution in [1.82, 2.24) is 20.2 Å². The number of nitrogens with one attached hydrogen (secondary N) is 2. The molecular weight excluding hydrogens is 306 g/mol. The van der Waals surface area contributed by atoms with E-state index in [1.165, 1.54) is 6.07 Å². The lowest BCUT2D eigenvalue weighted by atomic mass is 10.3. The predicted molar refractivity (Wildman–Crippen MR) is 80.1 cm³/mol. The molecule has 0 aliphatic heterocycles. The molecule has 8 heteroatoms. The van der Waals surface area contributed by atoms with Crippen LogP contribution in [0.4, 0.5) is 13.6 Å². The zero-order valence-electron chi connectivity index (χ0n) is 12.6. The fraction of sp³-hybridized carbons (Fsp3) is 0.333. The molecule has 2 rings (SSSR count). The number of carbonyl (C=O) groups excluding carboxylic acids is 1. The third kappa shape index (κ3) is 5.57. The lowest BCUT2D eigenvalue weighted by Crippen LogP contribution is -2.43. The molecule has 1 heterocycles. The van der Waals surface area contributed by atoms with Gasteiger partial charge in [-0.05, 0) is 19.1 Å². The van der Waals surface area contributed by atoms with Gasteiger partial charge in [-0.25, -0.2) is 18.6 Å². The summed E-state index contributed by atoms with van der Waals surface area (Å²) in [6, 6.07) is 2.63. The molecule has 1 atom stereocenters. The number of ether oxygens (including phenoxy) is 1. The van der Waals surface area contributed by atoms with Crippen molar-refractivity contribution in [2.45, 2.75) is 19.5 Å². The Morgan fingerprint density at radius 3 is 2.96 bits per heavy atom. The van der Waals surface area contributed by atoms with E-state index in [4.69, 9.17) is 4.74 Å². The first-order valence-corrected chi connectivity index (χ1v) is 7.12. The number of benzene rings is 1. The van der Waals surface area contributed by atoms with Gasteiger partial charge in [-0.1, -0.05) is 0 Å². The number of aromatic nitrogens is 2. The van der Waals surface area contributed by atoms with E-state index in [-0.39, 0.29) is 31.0 Å². The van der Waals surface area contributed by atoms with Crippen molar-refractivity contribution >= 4 is 6.03 Å². The molecule has 0 aliphatic rings. The van der Waals surface area contributed by atoms with Gasteiger partial charge in [0.05, 0.1) is 12.9 Å². The monoisotopic (exact) mass is 324 g/mol. The molecule has 1 aromatic carbocycles. The molecule has 23 heavy (non-hydrogen) atoms. The zero-order chi connectivity index (χ0) is 16.7. The predicted octanol–water partition coefficient (Wildman–Crippen LogP) is 1.93. The van der Waals surface area contributed by atoms with Gasteiger partial charge in [0.1, 0.15) is 12.4 Å². The van der Waals surface area contributed by atoms with Crippen molar-refractivity contribution in [2.75, 3.05) is 13.2 Å². The maximum Gasteiger partial charge on any atom is 0.315 e. The minimum atomic E-state index is -0.775. The number of halogens is 2. The summed E-state index contributed by atoms with van der Waals surface area (Å²) >= 11 is 0. The molecule has 0 spiro atoms. The Hall–Kier alpha value is -2.64. The Bertz CT molecular complexity index is 634. The Labute approximate surface area is 132 Å². The maximum absolute atomic E-state index is 13.3. The molecule has 0 bridgehead atoms. The number of nitrogens with zero attached hydrogens (tertiary/aromatic N) is 2. The normalized spacial score (nSPS) is 11.8. The van der Waals surface area contributed by atoms with Crippen LogP contribution < -0.4 is 15.4 Å². The Morgan fingerprint density at radius 2 is 2.26 bits per heavy atom. The summed E-state index contributed by atoms with van der Waals surface area (Å²) in [5.74, 6) is -1.50. The van der Waals surface area contributed by atoms with Crippen LogP contribution in [0.2, 0.25) is 0 Å². The average molecular weight is 324 g/mol. The first-order chi connectivity index (χ1) is 11.0. The summed E-state index contributed by atoms with van der Waals surface area (Å²) in [5, 5.41) is 5.36. The first-order valence-electron chi connectivity index (χ1n) is 7.12. The number of hydrogen-bond acceptors (Lipinski definition) is 3. The highest BCUT2D eigenvalue weighted by Gasteiger charge is 2.08. The molecule has 1 aromatic heterocycles. The highest BCUT2D eigenvalue weighted by atomic mass is 19.1. The minimum Gasteiger partial charge on any atom is -0.489 e. The van der Waals surface area contributed by atoms with Gasteiger partial charge in [0.25, 0.3) is 0 Å². The van der Waals surface area contributed by atoms with E-state index >= 15 is 0 Å². The van der Waals surface area contributed by atoms with Gasteiger partial charge >= 0.3 is 6.03 Å². The third-order valence-electron chi connectivity index (χ3n) is 2.96. The zero-order valence-corrected chi connectivity index (χ0v) is 12.6. The molecule has 0 saturated heterocycles. The molecule has 0 radical (unpaired) electrons. The summed E-state index contributed by atoms with van der Waals surface area (Å²) in [6.07, 6.45) is 5.14. The average Bonchev–Trinajstić information content (AvgIpc) is 2.98. The van der Waals surface area contributed by atoms with Crippen molar-refractivity contribution in [3.05, 3.63) is 48.6 Å². The molecule has 2 N–H and O–H groups in total. The Morgan fingerprint density at radius 1 is 1.43 bits per heavy atom. The minimum absolute atomic E-state index is 0.0536. The summed E-state index contributed by atoms with van der Waals surface area (Å²) in [7, 11) is 0. The molecule has 6 nitrogen and oxygen atoms in total. The van der Waals surface area contributed by atoms with E-state index in [1.807, 2.05) is 11.5 Å². The second-order valence-corrected chi connectivity index (χ2v) is 4.98. The topological polar surface area (TPSA) is 68.2 Å². The van der Waals surface area contributed by atoms with E-state index in [0.29, 0.717) is 6.54 Å². The fourth-order valence-electron chi connectivity index (χ4n) is 1.95. The Kier molecular flexibility index (Phi) is 5.90. The van der Waals surface area contributed by atoms with E-state index in [1.54, 1.807) is 18.7 Å². The van der Waals surface area contributed by atoms with Crippen LogP contribution in [0.15, 0.2) is 36.9 Å². The van der Waals surface area contributed by atoms with Gasteiger partial charge < -0.3 is 19.9 Å². The molecule has 124 valence electrons. The lowest BCUT2D eigenvalue weighted by molar-refractivity contribution is 0.231. The molecule has 0 saturated carbocycles. The standard InChI is InChI=1S/C15H18F2N4O2/c1-11(9-21-6-4-18-10-21)20-15(22)19-5-7-23-14-3-2-12(16)8-13(14)17/h2-4,6,8,10-11H,5,7,9H2,1H3,(H2,19,20,22)/t11-/m1/s1. The van der Waals surface area contributed by atoms with Crippen LogP contribution in [0.3, 0.4) is 0 Å². The van der Waals surface area contributed by atoms with Crippen molar-refractivity contribution in [3.63, 3.8) is 0 Å². The lowest BCUT2D eigenvalue weighted by Gasteiger charge is -2.15. The summed E-state index contributed by atoms with van der Waals surface area (Å²) in [6.45, 7) is 2.74. The SMILES string of the molecule is C[C@H](Cn1ccnc1)NC(=O)NCCOc1ccc(F)cc1F. The van der Waals surface area contributed by atoms with Gasteiger partial charge in [-0.15, -0.1) is 0 Å². The van der Waals surface area contributed by atoms with Gasteiger partial charge in [0.15, 0.2) is 11.6 Å². The fourth-order valence-corrected chi connectivity index (χ4v) is 1.95. The number of carbonyl (C=O) groups is 1. The van der Waals surface area contributed by atoms with Crippen LogP contribution in [0.5, 0.6) is 5.75 Å². The highest BCUT2D eigenvalue weighted by molar-refractivity contribution is 5.74. The quantitative estimate of drug-likeness (QED) is 0.765. The van der Waals surface area contributed by atoms with Crippen molar-refractivity contribution < 1.29 is 18.3 Å². The van der Waals surface area contributed by atoms with Gasteiger partial charge in [0, 0.05) is 31.0 Å². The number of imidazole rings is 1. The Balaban J connectivity index is 1.64. The first kappa shape index (κ1) is 16.7. The van der Waals surface area contributed by atoms with Gasteiger partial charge in [-0.3, -0.25) is 0 Å². The third-order valence-corrected chi connectivity index (χ3v) is 2.96. The number of amides is 2. The van der Waals surface area contributed by atoms with Crippen molar-refractivity contribution in [2.24, 2.45) is 0 Å². The van der Waals surface area contributed by atoms with E-state index < -0.39 is 11.6 Å². The molecule has 0 unspecified atom stereocenters. The second kappa shape index (κ2) is 8.11. The van der Waals surface area contributed by atoms with Crippen molar-refractivity contribution in [1.29, 1.82) is 0 Å². The van der Waals surface area contributed by atoms with Crippen LogP contribution in [0, 0.1) is 11.6 Å². The van der Waals surface area contributed by atoms with Crippen LogP contribution >= 0.6 is 0 Å². The van der Waals surface area contributed by atoms with Crippen LogP contribution in [-0.4, -0.2) is 34.8 Å². The summed E-state index contributed by atoms with van der Waals surface area (Å²) < 4.78 is 33.0. The van der Waals surface area contributed by atoms with E-state index in [0.717, 1.165) is 12.1 Å². The van der Waals surface area contributed by atoms with Crippen LogP contribution in [0.1, 0.15) is 6.92 Å². The van der Waals surface area contributed by atoms with Crippen molar-refractivity contribution in [3.8, 4) is 5.75 Å². The molecule has 0 aliphatic carbocycles. The smallest absolute Gasteiger partial charge is 0.315 e. The molecule has 2 amide bonds. The largest absolute Gasteiger partial charge is 0.489 e.